The maximum Gasteiger partial charge on any atom is 0.121 e. The molecule has 4 fully saturated rings. The van der Waals surface area contributed by atoms with E-state index in [1.54, 1.807) is 0 Å². The Morgan fingerprint density at radius 3 is 1.52 bits per heavy atom. The van der Waals surface area contributed by atoms with E-state index in [0.717, 1.165) is 24.0 Å². The first-order chi connectivity index (χ1) is 20.4. The van der Waals surface area contributed by atoms with E-state index in [4.69, 9.17) is 9.47 Å². The minimum Gasteiger partial charge on any atom is -0.393 e. The van der Waals surface area contributed by atoms with Crippen LogP contribution >= 0.6 is 0 Å². The van der Waals surface area contributed by atoms with Gasteiger partial charge in [0.15, 0.2) is 0 Å². The third-order valence-corrected chi connectivity index (χ3v) is 10.5. The van der Waals surface area contributed by atoms with Gasteiger partial charge in [0.05, 0.1) is 17.8 Å². The van der Waals surface area contributed by atoms with Crippen molar-refractivity contribution in [2.45, 2.75) is 130 Å². The summed E-state index contributed by atoms with van der Waals surface area (Å²) in [4.78, 5) is 0. The van der Waals surface area contributed by atoms with Gasteiger partial charge in [0, 0.05) is 23.7 Å². The zero-order valence-corrected chi connectivity index (χ0v) is 28.8. The number of hydrogen-bond acceptors (Lipinski definition) is 4. The fraction of sp³-hybridized carbons (Fsp3) is 0.550. The predicted molar refractivity (Wildman–Crippen MR) is 183 cm³/mol. The van der Waals surface area contributed by atoms with E-state index >= 15 is 0 Å². The van der Waals surface area contributed by atoms with Crippen molar-refractivity contribution in [3.63, 3.8) is 0 Å². The molecule has 3 saturated heterocycles. The summed E-state index contributed by atoms with van der Waals surface area (Å²) in [5, 5.41) is 21.3. The third-order valence-electron chi connectivity index (χ3n) is 10.5. The van der Waals surface area contributed by atoms with Crippen molar-refractivity contribution in [3.8, 4) is 0 Å². The molecule has 2 bridgehead atoms. The highest BCUT2D eigenvalue weighted by atomic mass is 16.6. The summed E-state index contributed by atoms with van der Waals surface area (Å²) in [6, 6.07) is 0. The number of rotatable bonds is 10. The average molecular weight is 601 g/mol. The van der Waals surface area contributed by atoms with E-state index in [9.17, 15) is 10.2 Å². The van der Waals surface area contributed by atoms with E-state index in [2.05, 4.69) is 147 Å². The fourth-order valence-electron chi connectivity index (χ4n) is 8.11. The summed E-state index contributed by atoms with van der Waals surface area (Å²) in [6.07, 6.45) is 32.4. The topological polar surface area (TPSA) is 62.2 Å². The molecule has 3 heterocycles. The van der Waals surface area contributed by atoms with Gasteiger partial charge in [0.2, 0.25) is 0 Å². The SMILES string of the molecule is CC(/C=C/C=C(C)/C=C/[C@@]12O[C@]1(C)C[C@@H](O)CC2(C)C)=C\C=C\C=C(C)\C=C\C=C(C)\C=C\[C@@]12O[C@@H](CC1(C)C)C[C@@]2(C)O. The molecule has 44 heavy (non-hydrogen) atoms. The lowest BCUT2D eigenvalue weighted by molar-refractivity contribution is -0.115. The van der Waals surface area contributed by atoms with Crippen molar-refractivity contribution in [2.24, 2.45) is 10.8 Å². The van der Waals surface area contributed by atoms with Crippen molar-refractivity contribution < 1.29 is 19.7 Å². The number of ether oxygens (including phenoxy) is 2. The molecule has 1 saturated carbocycles. The molecule has 0 amide bonds. The highest BCUT2D eigenvalue weighted by Crippen LogP contribution is 2.66. The molecular formula is C40H56O4. The Labute approximate surface area is 267 Å². The predicted octanol–water partition coefficient (Wildman–Crippen LogP) is 8.97. The number of allylic oxidation sites excluding steroid dienone is 16. The van der Waals surface area contributed by atoms with Crippen LogP contribution in [0.2, 0.25) is 0 Å². The van der Waals surface area contributed by atoms with Gasteiger partial charge in [-0.15, -0.1) is 0 Å². The Balaban J connectivity index is 1.27. The maximum atomic E-state index is 11.1. The molecule has 0 aromatic rings. The van der Waals surface area contributed by atoms with Crippen LogP contribution in [0.15, 0.2) is 107 Å². The van der Waals surface area contributed by atoms with Crippen molar-refractivity contribution in [1.29, 1.82) is 0 Å². The van der Waals surface area contributed by atoms with Crippen LogP contribution in [-0.4, -0.2) is 44.8 Å². The highest BCUT2D eigenvalue weighted by molar-refractivity contribution is 5.37. The van der Waals surface area contributed by atoms with Crippen molar-refractivity contribution in [1.82, 2.24) is 0 Å². The molecule has 0 unspecified atom stereocenters. The molecule has 1 aliphatic carbocycles. The maximum absolute atomic E-state index is 11.1. The second kappa shape index (κ2) is 12.4. The average Bonchev–Trinajstić information content (AvgIpc) is 3.30. The smallest absolute Gasteiger partial charge is 0.121 e. The first-order valence-corrected chi connectivity index (χ1v) is 16.3. The Bertz CT molecular complexity index is 1350. The molecule has 4 heteroatoms. The van der Waals surface area contributed by atoms with E-state index in [-0.39, 0.29) is 34.2 Å². The van der Waals surface area contributed by atoms with Gasteiger partial charge in [-0.3, -0.25) is 0 Å². The number of aliphatic hydroxyl groups excluding tert-OH is 1. The standard InChI is InChI=1S/C40H56O4/c1-29(17-13-19-31(3)21-23-39-36(7,8)27-34(43-39)28-37(39,9)42)15-11-12-16-30(2)18-14-20-32(4)22-24-40-35(5,6)25-33(41)26-38(40,10)44-40/h11-24,33-34,41-42H,25-28H2,1-10H3/b12-11+,17-13+,18-14+,23-21+,24-22+,29-15+,30-16+,31-19+,32-20+/t33-,34-,37+,38+,39+,40-/m0/s1. The number of fused-ring (bicyclic) bond motifs is 3. The van der Waals surface area contributed by atoms with Crippen LogP contribution in [0.4, 0.5) is 0 Å². The summed E-state index contributed by atoms with van der Waals surface area (Å²) in [7, 11) is 0. The summed E-state index contributed by atoms with van der Waals surface area (Å²) in [5.74, 6) is 0. The highest BCUT2D eigenvalue weighted by Gasteiger charge is 2.74. The van der Waals surface area contributed by atoms with E-state index in [0.29, 0.717) is 12.8 Å². The molecule has 240 valence electrons. The van der Waals surface area contributed by atoms with Crippen LogP contribution < -0.4 is 0 Å². The van der Waals surface area contributed by atoms with Gasteiger partial charge < -0.3 is 19.7 Å². The zero-order valence-electron chi connectivity index (χ0n) is 28.8. The monoisotopic (exact) mass is 600 g/mol. The lowest BCUT2D eigenvalue weighted by Gasteiger charge is -2.46. The minimum absolute atomic E-state index is 0.0969. The van der Waals surface area contributed by atoms with Crippen LogP contribution in [0.3, 0.4) is 0 Å². The number of epoxide rings is 1. The summed E-state index contributed by atoms with van der Waals surface area (Å²) < 4.78 is 12.6. The number of hydrogen-bond donors (Lipinski definition) is 2. The van der Waals surface area contributed by atoms with Gasteiger partial charge in [0.25, 0.3) is 0 Å². The van der Waals surface area contributed by atoms with Gasteiger partial charge in [-0.1, -0.05) is 123 Å². The molecular weight excluding hydrogens is 544 g/mol. The van der Waals surface area contributed by atoms with Gasteiger partial charge in [0.1, 0.15) is 16.8 Å². The molecule has 0 aromatic heterocycles. The largest absolute Gasteiger partial charge is 0.393 e. The Kier molecular flexibility index (Phi) is 9.66. The molecule has 0 spiro atoms. The van der Waals surface area contributed by atoms with Crippen LogP contribution in [-0.2, 0) is 9.47 Å². The van der Waals surface area contributed by atoms with Crippen molar-refractivity contribution >= 4 is 0 Å². The summed E-state index contributed by atoms with van der Waals surface area (Å²) in [5.41, 5.74) is 2.37. The molecule has 3 aliphatic heterocycles. The lowest BCUT2D eigenvalue weighted by Crippen LogP contribution is -2.56. The Morgan fingerprint density at radius 2 is 1.05 bits per heavy atom. The first-order valence-electron chi connectivity index (χ1n) is 16.3. The van der Waals surface area contributed by atoms with Crippen LogP contribution in [0, 0.1) is 10.8 Å². The summed E-state index contributed by atoms with van der Waals surface area (Å²) >= 11 is 0. The van der Waals surface area contributed by atoms with Crippen molar-refractivity contribution in [3.05, 3.63) is 107 Å². The molecule has 0 radical (unpaired) electrons. The molecule has 4 nitrogen and oxygen atoms in total. The van der Waals surface area contributed by atoms with Crippen LogP contribution in [0.5, 0.6) is 0 Å². The lowest BCUT2D eigenvalue weighted by atomic mass is 9.61. The Hall–Kier alpha value is -2.50. The second-order valence-electron chi connectivity index (χ2n) is 15.5. The summed E-state index contributed by atoms with van der Waals surface area (Å²) in [6.45, 7) is 21.2. The zero-order chi connectivity index (χ0) is 32.6. The van der Waals surface area contributed by atoms with E-state index < -0.39 is 11.2 Å². The van der Waals surface area contributed by atoms with Gasteiger partial charge in [-0.05, 0) is 66.5 Å². The fourth-order valence-corrected chi connectivity index (χ4v) is 8.11. The minimum atomic E-state index is -0.847. The van der Waals surface area contributed by atoms with E-state index in [1.807, 2.05) is 6.92 Å². The quantitative estimate of drug-likeness (QED) is 0.194. The number of aliphatic hydroxyl groups is 2. The van der Waals surface area contributed by atoms with Crippen molar-refractivity contribution in [2.75, 3.05) is 0 Å². The molecule has 4 rings (SSSR count). The Morgan fingerprint density at radius 1 is 0.591 bits per heavy atom. The molecule has 4 aliphatic rings. The van der Waals surface area contributed by atoms with E-state index in [1.165, 1.54) is 11.1 Å². The molecule has 0 aromatic carbocycles. The van der Waals surface area contributed by atoms with Crippen LogP contribution in [0.25, 0.3) is 0 Å². The van der Waals surface area contributed by atoms with Gasteiger partial charge >= 0.3 is 0 Å². The van der Waals surface area contributed by atoms with Gasteiger partial charge in [-0.2, -0.15) is 0 Å². The molecule has 6 atom stereocenters. The van der Waals surface area contributed by atoms with Crippen LogP contribution in [0.1, 0.15) is 94.9 Å². The normalized spacial score (nSPS) is 39.2. The molecule has 2 N–H and O–H groups in total. The third kappa shape index (κ3) is 6.70. The van der Waals surface area contributed by atoms with Gasteiger partial charge in [-0.25, -0.2) is 0 Å². The second-order valence-corrected chi connectivity index (χ2v) is 15.5. The first kappa shape index (κ1) is 34.4.